The fraction of sp³-hybridized carbons (Fsp3) is 0.222. The molecule has 1 radical (unpaired) electrons. The Morgan fingerprint density at radius 3 is 2.27 bits per heavy atom. The van der Waals surface area contributed by atoms with Crippen LogP contribution in [-0.4, -0.2) is 17.3 Å². The zero-order valence-electron chi connectivity index (χ0n) is 12.3. The van der Waals surface area contributed by atoms with E-state index in [4.69, 9.17) is 4.74 Å². The van der Waals surface area contributed by atoms with Gasteiger partial charge in [-0.3, -0.25) is 0 Å². The molecule has 115 valence electrons. The van der Waals surface area contributed by atoms with Gasteiger partial charge in [-0.25, -0.2) is 4.79 Å². The second-order valence-corrected chi connectivity index (χ2v) is 5.06. The van der Waals surface area contributed by atoms with Crippen LogP contribution >= 0.6 is 0 Å². The minimum Gasteiger partial charge on any atom is -0.445 e. The van der Waals surface area contributed by atoms with Crippen molar-refractivity contribution in [3.63, 3.8) is 0 Å². The van der Waals surface area contributed by atoms with Crippen molar-refractivity contribution in [3.05, 3.63) is 78.7 Å². The normalized spacial score (nSPS) is 13.2. The zero-order valence-corrected chi connectivity index (χ0v) is 12.3. The van der Waals surface area contributed by atoms with E-state index in [0.29, 0.717) is 6.42 Å². The smallest absolute Gasteiger partial charge is 0.407 e. The number of hydrogen-bond donors (Lipinski definition) is 2. The molecule has 0 heterocycles. The van der Waals surface area contributed by atoms with E-state index in [2.05, 4.69) is 12.2 Å². The molecule has 0 aliphatic rings. The van der Waals surface area contributed by atoms with Gasteiger partial charge >= 0.3 is 6.09 Å². The van der Waals surface area contributed by atoms with Crippen molar-refractivity contribution in [2.24, 2.45) is 0 Å². The lowest BCUT2D eigenvalue weighted by Crippen LogP contribution is -2.31. The van der Waals surface area contributed by atoms with Crippen LogP contribution in [-0.2, 0) is 11.3 Å². The molecule has 2 N–H and O–H groups in total. The van der Waals surface area contributed by atoms with Crippen LogP contribution in [0.25, 0.3) is 0 Å². The number of ether oxygens (including phenoxy) is 1. The molecule has 2 rings (SSSR count). The summed E-state index contributed by atoms with van der Waals surface area (Å²) in [6, 6.07) is 18.6. The van der Waals surface area contributed by atoms with Gasteiger partial charge in [0.1, 0.15) is 6.61 Å². The molecule has 0 aromatic heterocycles. The molecule has 22 heavy (non-hydrogen) atoms. The Kier molecular flexibility index (Phi) is 5.98. The zero-order chi connectivity index (χ0) is 15.8. The molecule has 4 heteroatoms. The largest absolute Gasteiger partial charge is 0.445 e. The summed E-state index contributed by atoms with van der Waals surface area (Å²) in [7, 11) is 0. The molecule has 2 unspecified atom stereocenters. The average molecular weight is 298 g/mol. The standard InChI is InChI=1S/C18H20NO3/c1-14(20)12-17(16-10-6-3-7-11-16)19-18(21)22-13-15-8-4-2-5-9-15/h2-11,14,17,20H,1,12-13H2,(H,19,21). The van der Waals surface area contributed by atoms with Crippen molar-refractivity contribution >= 4 is 6.09 Å². The summed E-state index contributed by atoms with van der Waals surface area (Å²) < 4.78 is 5.21. The van der Waals surface area contributed by atoms with Crippen molar-refractivity contribution in [2.45, 2.75) is 25.2 Å². The highest BCUT2D eigenvalue weighted by molar-refractivity contribution is 5.68. The third-order valence-electron chi connectivity index (χ3n) is 3.21. The molecule has 0 bridgehead atoms. The van der Waals surface area contributed by atoms with Gasteiger partial charge in [0, 0.05) is 0 Å². The number of amides is 1. The van der Waals surface area contributed by atoms with Gasteiger partial charge in [0.25, 0.3) is 0 Å². The first-order valence-electron chi connectivity index (χ1n) is 7.18. The summed E-state index contributed by atoms with van der Waals surface area (Å²) in [5.41, 5.74) is 1.83. The summed E-state index contributed by atoms with van der Waals surface area (Å²) in [6.45, 7) is 3.78. The summed E-state index contributed by atoms with van der Waals surface area (Å²) in [6.07, 6.45) is -0.956. The topological polar surface area (TPSA) is 58.6 Å². The Bertz CT molecular complexity index is 569. The molecule has 0 saturated heterocycles. The van der Waals surface area contributed by atoms with E-state index in [1.807, 2.05) is 60.7 Å². The number of benzene rings is 2. The predicted octanol–water partition coefficient (Wildman–Crippen LogP) is 3.24. The molecule has 0 aliphatic heterocycles. The van der Waals surface area contributed by atoms with Crippen LogP contribution in [0.4, 0.5) is 4.79 Å². The number of aliphatic hydroxyl groups excluding tert-OH is 1. The number of carbonyl (C=O) groups is 1. The molecule has 0 fully saturated rings. The molecule has 1 amide bonds. The van der Waals surface area contributed by atoms with Crippen LogP contribution < -0.4 is 5.32 Å². The first-order valence-corrected chi connectivity index (χ1v) is 7.18. The maximum absolute atomic E-state index is 11.9. The first kappa shape index (κ1) is 16.0. The molecule has 0 saturated carbocycles. The van der Waals surface area contributed by atoms with Crippen molar-refractivity contribution in [2.75, 3.05) is 0 Å². The van der Waals surface area contributed by atoms with Crippen LogP contribution in [0.3, 0.4) is 0 Å². The van der Waals surface area contributed by atoms with Gasteiger partial charge in [-0.2, -0.15) is 0 Å². The van der Waals surface area contributed by atoms with Gasteiger partial charge < -0.3 is 15.2 Å². The second-order valence-electron chi connectivity index (χ2n) is 5.06. The predicted molar refractivity (Wildman–Crippen MR) is 84.9 cm³/mol. The number of rotatable bonds is 6. The molecule has 0 spiro atoms. The monoisotopic (exact) mass is 298 g/mol. The second kappa shape index (κ2) is 8.20. The van der Waals surface area contributed by atoms with E-state index in [1.54, 1.807) is 0 Å². The van der Waals surface area contributed by atoms with Gasteiger partial charge in [-0.15, -0.1) is 0 Å². The van der Waals surface area contributed by atoms with E-state index in [9.17, 15) is 9.90 Å². The number of nitrogens with one attached hydrogen (secondary N) is 1. The van der Waals surface area contributed by atoms with Crippen LogP contribution in [0.2, 0.25) is 0 Å². The maximum Gasteiger partial charge on any atom is 0.407 e. The Hall–Kier alpha value is -2.33. The van der Waals surface area contributed by atoms with E-state index in [-0.39, 0.29) is 12.6 Å². The van der Waals surface area contributed by atoms with Gasteiger partial charge in [0.05, 0.1) is 12.1 Å². The summed E-state index contributed by atoms with van der Waals surface area (Å²) in [5.74, 6) is 0. The molecule has 0 aliphatic carbocycles. The minimum absolute atomic E-state index is 0.209. The Morgan fingerprint density at radius 2 is 1.68 bits per heavy atom. The Labute approximate surface area is 130 Å². The van der Waals surface area contributed by atoms with Gasteiger partial charge in [0.2, 0.25) is 0 Å². The fourth-order valence-corrected chi connectivity index (χ4v) is 2.14. The minimum atomic E-state index is -0.764. The van der Waals surface area contributed by atoms with Gasteiger partial charge in [-0.1, -0.05) is 60.7 Å². The highest BCUT2D eigenvalue weighted by Crippen LogP contribution is 2.18. The molecule has 2 aromatic carbocycles. The lowest BCUT2D eigenvalue weighted by molar-refractivity contribution is 0.130. The van der Waals surface area contributed by atoms with E-state index >= 15 is 0 Å². The van der Waals surface area contributed by atoms with Crippen LogP contribution in [0.5, 0.6) is 0 Å². The fourth-order valence-electron chi connectivity index (χ4n) is 2.14. The average Bonchev–Trinajstić information content (AvgIpc) is 2.54. The Morgan fingerprint density at radius 1 is 1.09 bits per heavy atom. The number of carbonyl (C=O) groups excluding carboxylic acids is 1. The lowest BCUT2D eigenvalue weighted by atomic mass is 10.0. The van der Waals surface area contributed by atoms with Crippen molar-refractivity contribution in [1.29, 1.82) is 0 Å². The van der Waals surface area contributed by atoms with E-state index in [0.717, 1.165) is 11.1 Å². The first-order chi connectivity index (χ1) is 10.6. The lowest BCUT2D eigenvalue weighted by Gasteiger charge is -2.20. The molecular formula is C18H20NO3. The quantitative estimate of drug-likeness (QED) is 0.860. The van der Waals surface area contributed by atoms with Crippen LogP contribution in [0, 0.1) is 6.92 Å². The molecule has 4 nitrogen and oxygen atoms in total. The Balaban J connectivity index is 1.93. The van der Waals surface area contributed by atoms with Gasteiger partial charge in [0.15, 0.2) is 0 Å². The highest BCUT2D eigenvalue weighted by atomic mass is 16.5. The molecular weight excluding hydrogens is 278 g/mol. The van der Waals surface area contributed by atoms with Crippen LogP contribution in [0.1, 0.15) is 23.6 Å². The van der Waals surface area contributed by atoms with Gasteiger partial charge in [-0.05, 0) is 24.5 Å². The summed E-state index contributed by atoms with van der Waals surface area (Å²) in [4.78, 5) is 11.9. The van der Waals surface area contributed by atoms with Crippen molar-refractivity contribution in [1.82, 2.24) is 5.32 Å². The third kappa shape index (κ3) is 5.22. The summed E-state index contributed by atoms with van der Waals surface area (Å²) in [5, 5.41) is 12.3. The SMILES string of the molecule is [CH2]C(O)CC(NC(=O)OCc1ccccc1)c1ccccc1. The highest BCUT2D eigenvalue weighted by Gasteiger charge is 2.17. The van der Waals surface area contributed by atoms with E-state index < -0.39 is 12.2 Å². The van der Waals surface area contributed by atoms with Crippen molar-refractivity contribution < 1.29 is 14.6 Å². The van der Waals surface area contributed by atoms with E-state index in [1.165, 1.54) is 0 Å². The maximum atomic E-state index is 11.9. The number of hydrogen-bond acceptors (Lipinski definition) is 3. The molecule has 2 aromatic rings. The number of alkyl carbamates (subject to hydrolysis) is 1. The summed E-state index contributed by atoms with van der Waals surface area (Å²) >= 11 is 0. The molecule has 2 atom stereocenters. The number of aliphatic hydroxyl groups is 1. The van der Waals surface area contributed by atoms with Crippen molar-refractivity contribution in [3.8, 4) is 0 Å². The van der Waals surface area contributed by atoms with Crippen LogP contribution in [0.15, 0.2) is 60.7 Å². The third-order valence-corrected chi connectivity index (χ3v) is 3.21.